The quantitative estimate of drug-likeness (QED) is 0.648. The first-order chi connectivity index (χ1) is 12.6. The van der Waals surface area contributed by atoms with Crippen LogP contribution in [0.5, 0.6) is 0 Å². The molecule has 3 rings (SSSR count). The molecule has 26 heavy (non-hydrogen) atoms. The van der Waals surface area contributed by atoms with Crippen LogP contribution in [0.4, 0.5) is 0 Å². The van der Waals surface area contributed by atoms with Crippen molar-refractivity contribution in [3.05, 3.63) is 64.4 Å². The van der Waals surface area contributed by atoms with Crippen molar-refractivity contribution in [1.82, 2.24) is 15.3 Å². The fraction of sp³-hybridized carbons (Fsp3) is 0.350. The molecule has 0 aliphatic carbocycles. The van der Waals surface area contributed by atoms with E-state index in [4.69, 9.17) is 11.6 Å². The highest BCUT2D eigenvalue weighted by Crippen LogP contribution is 2.20. The van der Waals surface area contributed by atoms with Crippen molar-refractivity contribution in [2.75, 3.05) is 13.1 Å². The lowest BCUT2D eigenvalue weighted by molar-refractivity contribution is -0.126. The number of hydrazone groups is 1. The van der Waals surface area contributed by atoms with Crippen molar-refractivity contribution >= 4 is 23.7 Å². The molecular formula is C20H23ClN4O. The van der Waals surface area contributed by atoms with Crippen LogP contribution in [-0.2, 0) is 11.3 Å². The topological polar surface area (TPSA) is 57.6 Å². The third-order valence-electron chi connectivity index (χ3n) is 4.56. The molecule has 0 spiro atoms. The second-order valence-electron chi connectivity index (χ2n) is 6.61. The van der Waals surface area contributed by atoms with E-state index in [0.29, 0.717) is 0 Å². The number of hydrogen-bond donors (Lipinski definition) is 1. The molecular weight excluding hydrogens is 348 g/mol. The summed E-state index contributed by atoms with van der Waals surface area (Å²) in [6, 6.07) is 13.6. The number of pyridine rings is 1. The highest BCUT2D eigenvalue weighted by Gasteiger charge is 2.24. The van der Waals surface area contributed by atoms with Gasteiger partial charge in [-0.15, -0.1) is 0 Å². The Kier molecular flexibility index (Phi) is 6.36. The number of rotatable bonds is 5. The van der Waals surface area contributed by atoms with E-state index in [0.717, 1.165) is 48.9 Å². The molecule has 0 unspecified atom stereocenters. The van der Waals surface area contributed by atoms with Crippen LogP contribution in [0.3, 0.4) is 0 Å². The van der Waals surface area contributed by atoms with Gasteiger partial charge >= 0.3 is 0 Å². The Hall–Kier alpha value is -2.24. The first-order valence-electron chi connectivity index (χ1n) is 8.83. The molecule has 1 aliphatic rings. The van der Waals surface area contributed by atoms with Gasteiger partial charge in [0.25, 0.3) is 0 Å². The average molecular weight is 371 g/mol. The number of nitrogens with zero attached hydrogens (tertiary/aromatic N) is 3. The van der Waals surface area contributed by atoms with Crippen LogP contribution in [0, 0.1) is 12.8 Å². The highest BCUT2D eigenvalue weighted by atomic mass is 35.5. The van der Waals surface area contributed by atoms with Gasteiger partial charge in [-0.3, -0.25) is 14.7 Å². The van der Waals surface area contributed by atoms with Crippen LogP contribution < -0.4 is 5.43 Å². The van der Waals surface area contributed by atoms with Crippen LogP contribution in [0.1, 0.15) is 29.8 Å². The molecule has 1 aromatic heterocycles. The van der Waals surface area contributed by atoms with E-state index < -0.39 is 0 Å². The van der Waals surface area contributed by atoms with Gasteiger partial charge in [0.2, 0.25) is 5.91 Å². The van der Waals surface area contributed by atoms with Crippen LogP contribution in [0.2, 0.25) is 5.02 Å². The molecule has 5 nitrogen and oxygen atoms in total. The van der Waals surface area contributed by atoms with Crippen molar-refractivity contribution in [1.29, 1.82) is 0 Å². The number of carbonyl (C=O) groups is 1. The Labute approximate surface area is 159 Å². The second-order valence-corrected chi connectivity index (χ2v) is 7.05. The number of hydrogen-bond acceptors (Lipinski definition) is 4. The highest BCUT2D eigenvalue weighted by molar-refractivity contribution is 6.30. The van der Waals surface area contributed by atoms with E-state index in [1.165, 1.54) is 5.56 Å². The molecule has 2 aromatic rings. The summed E-state index contributed by atoms with van der Waals surface area (Å²) in [6.07, 6.45) is 3.27. The lowest BCUT2D eigenvalue weighted by atomic mass is 9.96. The maximum absolute atomic E-state index is 12.3. The van der Waals surface area contributed by atoms with Crippen molar-refractivity contribution in [2.45, 2.75) is 26.3 Å². The number of likely N-dealkylation sites (tertiary alicyclic amines) is 1. The van der Waals surface area contributed by atoms with Gasteiger partial charge < -0.3 is 0 Å². The van der Waals surface area contributed by atoms with E-state index in [1.54, 1.807) is 6.21 Å². The normalized spacial score (nSPS) is 16.1. The van der Waals surface area contributed by atoms with Crippen molar-refractivity contribution in [3.63, 3.8) is 0 Å². The van der Waals surface area contributed by atoms with Gasteiger partial charge in [-0.2, -0.15) is 5.10 Å². The zero-order chi connectivity index (χ0) is 18.4. The van der Waals surface area contributed by atoms with Crippen molar-refractivity contribution in [2.24, 2.45) is 11.0 Å². The number of carbonyl (C=O) groups excluding carboxylic acids is 1. The predicted octanol–water partition coefficient (Wildman–Crippen LogP) is 3.41. The molecule has 1 fully saturated rings. The summed E-state index contributed by atoms with van der Waals surface area (Å²) in [7, 11) is 0. The van der Waals surface area contributed by atoms with Crippen molar-refractivity contribution in [3.8, 4) is 0 Å². The Morgan fingerprint density at radius 3 is 2.69 bits per heavy atom. The first kappa shape index (κ1) is 18.5. The number of halogens is 1. The molecule has 1 saturated heterocycles. The third-order valence-corrected chi connectivity index (χ3v) is 4.81. The Morgan fingerprint density at radius 2 is 2.00 bits per heavy atom. The lowest BCUT2D eigenvalue weighted by Crippen LogP contribution is -2.39. The number of piperidine rings is 1. The molecule has 0 saturated carbocycles. The summed E-state index contributed by atoms with van der Waals surface area (Å²) in [5.74, 6) is -0.000803. The number of amides is 1. The summed E-state index contributed by atoms with van der Waals surface area (Å²) in [5, 5.41) is 4.79. The molecule has 1 amide bonds. The van der Waals surface area contributed by atoms with Crippen LogP contribution >= 0.6 is 11.6 Å². The molecule has 2 heterocycles. The third kappa shape index (κ3) is 5.38. The Balaban J connectivity index is 1.43. The van der Waals surface area contributed by atoms with E-state index >= 15 is 0 Å². The molecule has 136 valence electrons. The summed E-state index contributed by atoms with van der Waals surface area (Å²) >= 11 is 5.92. The maximum Gasteiger partial charge on any atom is 0.243 e. The standard InChI is InChI=1S/C20H23ClN4O/c1-15-3-2-4-19(23-15)13-22-24-20(26)17-9-11-25(12-10-17)14-16-5-7-18(21)8-6-16/h2-8,13,17H,9-12,14H2,1H3,(H,24,26)/b22-13-. The monoisotopic (exact) mass is 370 g/mol. The number of aromatic nitrogens is 1. The lowest BCUT2D eigenvalue weighted by Gasteiger charge is -2.30. The molecule has 1 aromatic carbocycles. The minimum absolute atomic E-state index is 0.0130. The Bertz CT molecular complexity index is 768. The van der Waals surface area contributed by atoms with Crippen LogP contribution in [0.15, 0.2) is 47.6 Å². The van der Waals surface area contributed by atoms with E-state index in [9.17, 15) is 4.79 Å². The van der Waals surface area contributed by atoms with E-state index in [1.807, 2.05) is 37.3 Å². The second kappa shape index (κ2) is 8.92. The van der Waals surface area contributed by atoms with Crippen LogP contribution in [0.25, 0.3) is 0 Å². The van der Waals surface area contributed by atoms with Gasteiger partial charge in [-0.1, -0.05) is 29.8 Å². The molecule has 1 N–H and O–H groups in total. The summed E-state index contributed by atoms with van der Waals surface area (Å²) < 4.78 is 0. The molecule has 1 aliphatic heterocycles. The fourth-order valence-electron chi connectivity index (χ4n) is 3.09. The summed E-state index contributed by atoms with van der Waals surface area (Å²) in [5.41, 5.74) is 5.55. The minimum atomic E-state index is -0.0138. The molecule has 0 atom stereocenters. The number of nitrogens with one attached hydrogen (secondary N) is 1. The first-order valence-corrected chi connectivity index (χ1v) is 9.21. The summed E-state index contributed by atoms with van der Waals surface area (Å²) in [6.45, 7) is 4.63. The van der Waals surface area contributed by atoms with Gasteiger partial charge in [0.1, 0.15) is 0 Å². The van der Waals surface area contributed by atoms with Crippen molar-refractivity contribution < 1.29 is 4.79 Å². The molecule has 0 radical (unpaired) electrons. The SMILES string of the molecule is Cc1cccc(/C=N\NC(=O)C2CCN(Cc3ccc(Cl)cc3)CC2)n1. The fourth-order valence-corrected chi connectivity index (χ4v) is 3.22. The zero-order valence-corrected chi connectivity index (χ0v) is 15.6. The van der Waals surface area contributed by atoms with Gasteiger partial charge in [-0.25, -0.2) is 5.43 Å². The number of aryl methyl sites for hydroxylation is 1. The molecule has 6 heteroatoms. The van der Waals surface area contributed by atoms with E-state index in [2.05, 4.69) is 32.5 Å². The summed E-state index contributed by atoms with van der Waals surface area (Å²) in [4.78, 5) is 19.0. The van der Waals surface area contributed by atoms with Gasteiger partial charge in [0.05, 0.1) is 11.9 Å². The molecule has 0 bridgehead atoms. The van der Waals surface area contributed by atoms with Gasteiger partial charge in [0, 0.05) is 23.2 Å². The van der Waals surface area contributed by atoms with Gasteiger partial charge in [0.15, 0.2) is 0 Å². The Morgan fingerprint density at radius 1 is 1.27 bits per heavy atom. The minimum Gasteiger partial charge on any atom is -0.299 e. The smallest absolute Gasteiger partial charge is 0.243 e. The van der Waals surface area contributed by atoms with Crippen LogP contribution in [-0.4, -0.2) is 35.1 Å². The predicted molar refractivity (Wildman–Crippen MR) is 104 cm³/mol. The van der Waals surface area contributed by atoms with Gasteiger partial charge in [-0.05, 0) is 62.7 Å². The maximum atomic E-state index is 12.3. The average Bonchev–Trinajstić information content (AvgIpc) is 2.64. The number of benzene rings is 1. The zero-order valence-electron chi connectivity index (χ0n) is 14.9. The largest absolute Gasteiger partial charge is 0.299 e. The van der Waals surface area contributed by atoms with E-state index in [-0.39, 0.29) is 11.8 Å².